The molecule has 1 heterocycles. The molecule has 0 saturated carbocycles. The minimum atomic E-state index is -0.204. The van der Waals surface area contributed by atoms with Crippen molar-refractivity contribution in [1.82, 2.24) is 0 Å². The summed E-state index contributed by atoms with van der Waals surface area (Å²) in [5, 5.41) is 0. The van der Waals surface area contributed by atoms with Gasteiger partial charge in [0.1, 0.15) is 0 Å². The van der Waals surface area contributed by atoms with E-state index in [1.807, 2.05) is 0 Å². The molecule has 0 N–H and O–H groups in total. The van der Waals surface area contributed by atoms with Gasteiger partial charge >= 0.3 is 0 Å². The van der Waals surface area contributed by atoms with Gasteiger partial charge in [-0.15, -0.1) is 0 Å². The standard InChI is InChI=1S/C4H7O2.Zn/c1-4-5-2-3-6-4;/h4H,1-3H2;/q-1;. The van der Waals surface area contributed by atoms with E-state index in [2.05, 4.69) is 6.92 Å². The Morgan fingerprint density at radius 1 is 1.29 bits per heavy atom. The fourth-order valence-electron chi connectivity index (χ4n) is 0.407. The molecule has 1 rings (SSSR count). The number of ether oxygens (including phenoxy) is 2. The number of rotatable bonds is 0. The first-order chi connectivity index (χ1) is 2.89. The Hall–Kier alpha value is 0.543. The second-order valence-corrected chi connectivity index (χ2v) is 1.17. The van der Waals surface area contributed by atoms with Crippen molar-refractivity contribution < 1.29 is 29.0 Å². The Morgan fingerprint density at radius 3 is 1.86 bits per heavy atom. The topological polar surface area (TPSA) is 18.5 Å². The van der Waals surface area contributed by atoms with Crippen molar-refractivity contribution in [2.24, 2.45) is 0 Å². The van der Waals surface area contributed by atoms with Crippen LogP contribution in [0, 0.1) is 6.92 Å². The van der Waals surface area contributed by atoms with Crippen molar-refractivity contribution in [1.29, 1.82) is 0 Å². The number of hydrogen-bond donors (Lipinski definition) is 0. The maximum absolute atomic E-state index is 4.82. The third-order valence-electron chi connectivity index (χ3n) is 0.691. The fourth-order valence-corrected chi connectivity index (χ4v) is 0.407. The minimum Gasteiger partial charge on any atom is -0.381 e. The molecule has 0 aromatic heterocycles. The normalized spacial score (nSPS) is 21.9. The Morgan fingerprint density at radius 2 is 1.71 bits per heavy atom. The summed E-state index contributed by atoms with van der Waals surface area (Å²) in [6.45, 7) is 4.90. The smallest absolute Gasteiger partial charge is 0.0698 e. The SMILES string of the molecule is [CH2-]C1OCCO1.[Zn]. The van der Waals surface area contributed by atoms with Crippen molar-refractivity contribution in [2.75, 3.05) is 13.2 Å². The third kappa shape index (κ3) is 2.37. The molecular formula is C4H7O2Zn-. The van der Waals surface area contributed by atoms with E-state index in [4.69, 9.17) is 9.47 Å². The Labute approximate surface area is 55.9 Å². The number of hydrogen-bond acceptors (Lipinski definition) is 2. The first-order valence-corrected chi connectivity index (χ1v) is 1.96. The molecule has 7 heavy (non-hydrogen) atoms. The summed E-state index contributed by atoms with van der Waals surface area (Å²) in [7, 11) is 0. The van der Waals surface area contributed by atoms with Gasteiger partial charge in [-0.1, -0.05) is 0 Å². The molecular weight excluding hydrogens is 145 g/mol. The van der Waals surface area contributed by atoms with Gasteiger partial charge in [0.05, 0.1) is 13.2 Å². The molecule has 3 heteroatoms. The van der Waals surface area contributed by atoms with Crippen LogP contribution in [-0.2, 0) is 29.0 Å². The predicted octanol–water partition coefficient (Wildman–Crippen LogP) is 0.191. The molecule has 0 aliphatic carbocycles. The molecule has 0 aromatic carbocycles. The zero-order valence-corrected chi connectivity index (χ0v) is 7.19. The van der Waals surface area contributed by atoms with Crippen LogP contribution in [0.2, 0.25) is 0 Å². The van der Waals surface area contributed by atoms with Crippen LogP contribution in [0.25, 0.3) is 0 Å². The molecule has 38 valence electrons. The second-order valence-electron chi connectivity index (χ2n) is 1.17. The molecule has 0 unspecified atom stereocenters. The molecule has 0 radical (unpaired) electrons. The Balaban J connectivity index is 0.000000360. The summed E-state index contributed by atoms with van der Waals surface area (Å²) in [5.41, 5.74) is 0. The van der Waals surface area contributed by atoms with Gasteiger partial charge in [0.25, 0.3) is 0 Å². The van der Waals surface area contributed by atoms with E-state index in [0.29, 0.717) is 13.2 Å². The van der Waals surface area contributed by atoms with E-state index in [-0.39, 0.29) is 25.8 Å². The van der Waals surface area contributed by atoms with Crippen LogP contribution in [-0.4, -0.2) is 19.5 Å². The molecule has 0 spiro atoms. The van der Waals surface area contributed by atoms with Crippen LogP contribution in [0.4, 0.5) is 0 Å². The van der Waals surface area contributed by atoms with Crippen LogP contribution in [0.3, 0.4) is 0 Å². The van der Waals surface area contributed by atoms with Gasteiger partial charge in [-0.3, -0.25) is 6.92 Å². The second kappa shape index (κ2) is 3.53. The fraction of sp³-hybridized carbons (Fsp3) is 0.750. The van der Waals surface area contributed by atoms with Gasteiger partial charge in [0.15, 0.2) is 0 Å². The van der Waals surface area contributed by atoms with Crippen LogP contribution in [0.1, 0.15) is 0 Å². The van der Waals surface area contributed by atoms with E-state index >= 15 is 0 Å². The zero-order valence-electron chi connectivity index (χ0n) is 4.22. The molecule has 0 aromatic rings. The van der Waals surface area contributed by atoms with Crippen molar-refractivity contribution in [3.8, 4) is 0 Å². The summed E-state index contributed by atoms with van der Waals surface area (Å²) in [6, 6.07) is 0. The third-order valence-corrected chi connectivity index (χ3v) is 0.691. The Bertz CT molecular complexity index is 43.0. The van der Waals surface area contributed by atoms with Crippen LogP contribution in [0.5, 0.6) is 0 Å². The summed E-state index contributed by atoms with van der Waals surface area (Å²) >= 11 is 0. The van der Waals surface area contributed by atoms with Crippen molar-refractivity contribution in [3.63, 3.8) is 0 Å². The van der Waals surface area contributed by atoms with Crippen molar-refractivity contribution in [3.05, 3.63) is 6.92 Å². The molecule has 0 atom stereocenters. The van der Waals surface area contributed by atoms with Crippen LogP contribution in [0.15, 0.2) is 0 Å². The predicted molar refractivity (Wildman–Crippen MR) is 21.0 cm³/mol. The van der Waals surface area contributed by atoms with E-state index in [9.17, 15) is 0 Å². The van der Waals surface area contributed by atoms with Gasteiger partial charge in [-0.05, 0) is 0 Å². The first-order valence-electron chi connectivity index (χ1n) is 1.96. The largest absolute Gasteiger partial charge is 0.381 e. The summed E-state index contributed by atoms with van der Waals surface area (Å²) in [6.07, 6.45) is -0.204. The van der Waals surface area contributed by atoms with Crippen LogP contribution >= 0.6 is 0 Å². The zero-order chi connectivity index (χ0) is 4.41. The molecule has 1 saturated heterocycles. The summed E-state index contributed by atoms with van der Waals surface area (Å²) < 4.78 is 9.64. The first kappa shape index (κ1) is 7.54. The molecule has 1 fully saturated rings. The van der Waals surface area contributed by atoms with E-state index < -0.39 is 0 Å². The molecule has 0 amide bonds. The van der Waals surface area contributed by atoms with E-state index in [0.717, 1.165) is 0 Å². The van der Waals surface area contributed by atoms with Gasteiger partial charge in [0, 0.05) is 25.8 Å². The van der Waals surface area contributed by atoms with Gasteiger partial charge < -0.3 is 9.47 Å². The van der Waals surface area contributed by atoms with Crippen molar-refractivity contribution in [2.45, 2.75) is 6.29 Å². The molecule has 0 bridgehead atoms. The maximum atomic E-state index is 4.82. The molecule has 2 nitrogen and oxygen atoms in total. The monoisotopic (exact) mass is 151 g/mol. The van der Waals surface area contributed by atoms with Gasteiger partial charge in [-0.25, -0.2) is 0 Å². The quantitative estimate of drug-likeness (QED) is 0.365. The Kier molecular flexibility index (Phi) is 3.81. The van der Waals surface area contributed by atoms with Gasteiger partial charge in [0.2, 0.25) is 0 Å². The summed E-state index contributed by atoms with van der Waals surface area (Å²) in [4.78, 5) is 0. The van der Waals surface area contributed by atoms with E-state index in [1.54, 1.807) is 0 Å². The average Bonchev–Trinajstić information content (AvgIpc) is 1.86. The van der Waals surface area contributed by atoms with E-state index in [1.165, 1.54) is 0 Å². The maximum Gasteiger partial charge on any atom is 0.0698 e. The van der Waals surface area contributed by atoms with Crippen LogP contribution < -0.4 is 0 Å². The average molecular weight is 152 g/mol. The summed E-state index contributed by atoms with van der Waals surface area (Å²) in [5.74, 6) is 0. The molecule has 1 aliphatic heterocycles. The minimum absolute atomic E-state index is 0. The van der Waals surface area contributed by atoms with Crippen molar-refractivity contribution >= 4 is 0 Å². The molecule has 1 aliphatic rings. The van der Waals surface area contributed by atoms with Gasteiger partial charge in [-0.2, -0.15) is 0 Å².